The van der Waals surface area contributed by atoms with Crippen molar-refractivity contribution in [1.82, 2.24) is 5.32 Å². The standard InChI is InChI=1S/C15H20Cl2N2O2/c1-2-3-4-14(18)15(21)19-11(9-20)7-10-5-6-12(16)13(17)8-10/h5-6,8-9,11,14H,2-4,7,18H2,1H3,(H,19,21)/t11-,14-/m0/s1. The number of amides is 1. The van der Waals surface area contributed by atoms with Crippen LogP contribution in [0, 0.1) is 0 Å². The molecule has 0 radical (unpaired) electrons. The van der Waals surface area contributed by atoms with E-state index >= 15 is 0 Å². The summed E-state index contributed by atoms with van der Waals surface area (Å²) in [7, 11) is 0. The number of hydrogen-bond donors (Lipinski definition) is 2. The highest BCUT2D eigenvalue weighted by molar-refractivity contribution is 6.42. The Morgan fingerprint density at radius 3 is 2.67 bits per heavy atom. The average molecular weight is 331 g/mol. The zero-order valence-corrected chi connectivity index (χ0v) is 13.5. The fourth-order valence-corrected chi connectivity index (χ4v) is 2.22. The van der Waals surface area contributed by atoms with Gasteiger partial charge in [-0.1, -0.05) is 49.0 Å². The number of hydrogen-bond acceptors (Lipinski definition) is 3. The summed E-state index contributed by atoms with van der Waals surface area (Å²) >= 11 is 11.8. The summed E-state index contributed by atoms with van der Waals surface area (Å²) in [4.78, 5) is 23.0. The van der Waals surface area contributed by atoms with Crippen LogP contribution in [0.2, 0.25) is 10.0 Å². The van der Waals surface area contributed by atoms with Gasteiger partial charge in [-0.15, -0.1) is 0 Å². The maximum atomic E-state index is 11.9. The van der Waals surface area contributed by atoms with Crippen LogP contribution in [0.1, 0.15) is 31.7 Å². The number of carbonyl (C=O) groups excluding carboxylic acids is 2. The number of carbonyl (C=O) groups is 2. The third kappa shape index (κ3) is 6.04. The molecule has 1 rings (SSSR count). The number of unbranched alkanes of at least 4 members (excludes halogenated alkanes) is 1. The number of benzene rings is 1. The summed E-state index contributed by atoms with van der Waals surface area (Å²) < 4.78 is 0. The lowest BCUT2D eigenvalue weighted by atomic mass is 10.1. The van der Waals surface area contributed by atoms with Crippen LogP contribution in [0.5, 0.6) is 0 Å². The highest BCUT2D eigenvalue weighted by Crippen LogP contribution is 2.23. The van der Waals surface area contributed by atoms with Crippen LogP contribution in [-0.4, -0.2) is 24.3 Å². The molecule has 0 aliphatic rings. The summed E-state index contributed by atoms with van der Waals surface area (Å²) in [5, 5.41) is 3.52. The number of halogens is 2. The lowest BCUT2D eigenvalue weighted by Crippen LogP contribution is -2.46. The SMILES string of the molecule is CCCC[C@H](N)C(=O)N[C@H](C=O)Cc1ccc(Cl)c(Cl)c1. The molecular weight excluding hydrogens is 311 g/mol. The third-order valence-electron chi connectivity index (χ3n) is 3.14. The maximum Gasteiger partial charge on any atom is 0.237 e. The lowest BCUT2D eigenvalue weighted by molar-refractivity contribution is -0.125. The van der Waals surface area contributed by atoms with E-state index in [4.69, 9.17) is 28.9 Å². The van der Waals surface area contributed by atoms with E-state index in [1.54, 1.807) is 18.2 Å². The van der Waals surface area contributed by atoms with Crippen molar-refractivity contribution in [2.75, 3.05) is 0 Å². The van der Waals surface area contributed by atoms with E-state index in [-0.39, 0.29) is 5.91 Å². The Kier molecular flexibility index (Phi) is 7.72. The second-order valence-electron chi connectivity index (χ2n) is 4.95. The molecule has 1 aromatic carbocycles. The largest absolute Gasteiger partial charge is 0.345 e. The highest BCUT2D eigenvalue weighted by Gasteiger charge is 2.17. The Bertz CT molecular complexity index is 495. The molecule has 0 aliphatic heterocycles. The predicted molar refractivity (Wildman–Crippen MR) is 85.7 cm³/mol. The molecule has 4 nitrogen and oxygen atoms in total. The van der Waals surface area contributed by atoms with Crippen molar-refractivity contribution < 1.29 is 9.59 Å². The molecule has 0 spiro atoms. The summed E-state index contributed by atoms with van der Waals surface area (Å²) in [6.07, 6.45) is 3.52. The minimum Gasteiger partial charge on any atom is -0.345 e. The van der Waals surface area contributed by atoms with Gasteiger partial charge in [-0.3, -0.25) is 4.79 Å². The molecular formula is C15H20Cl2N2O2. The van der Waals surface area contributed by atoms with E-state index in [2.05, 4.69) is 5.32 Å². The zero-order valence-electron chi connectivity index (χ0n) is 11.9. The van der Waals surface area contributed by atoms with Gasteiger partial charge in [0, 0.05) is 0 Å². The molecule has 0 saturated carbocycles. The van der Waals surface area contributed by atoms with Crippen LogP contribution >= 0.6 is 23.2 Å². The molecule has 1 aromatic rings. The van der Waals surface area contributed by atoms with Crippen LogP contribution in [0.3, 0.4) is 0 Å². The van der Waals surface area contributed by atoms with Crippen molar-refractivity contribution in [1.29, 1.82) is 0 Å². The monoisotopic (exact) mass is 330 g/mol. The van der Waals surface area contributed by atoms with Gasteiger partial charge in [-0.25, -0.2) is 0 Å². The van der Waals surface area contributed by atoms with Crippen LogP contribution in [0.4, 0.5) is 0 Å². The molecule has 6 heteroatoms. The quantitative estimate of drug-likeness (QED) is 0.720. The number of rotatable bonds is 8. The van der Waals surface area contributed by atoms with Gasteiger partial charge in [0.15, 0.2) is 0 Å². The van der Waals surface area contributed by atoms with Crippen molar-refractivity contribution in [2.45, 2.75) is 44.7 Å². The van der Waals surface area contributed by atoms with E-state index in [0.29, 0.717) is 29.2 Å². The molecule has 3 N–H and O–H groups in total. The van der Waals surface area contributed by atoms with Gasteiger partial charge < -0.3 is 15.8 Å². The fourth-order valence-electron chi connectivity index (χ4n) is 1.90. The van der Waals surface area contributed by atoms with E-state index < -0.39 is 12.1 Å². The first-order chi connectivity index (χ1) is 9.97. The van der Waals surface area contributed by atoms with Gasteiger partial charge >= 0.3 is 0 Å². The second-order valence-corrected chi connectivity index (χ2v) is 5.77. The minimum atomic E-state index is -0.623. The van der Waals surface area contributed by atoms with E-state index in [0.717, 1.165) is 18.4 Å². The first-order valence-corrected chi connectivity index (χ1v) is 7.68. The first kappa shape index (κ1) is 18.0. The molecule has 0 bridgehead atoms. The molecule has 0 fully saturated rings. The van der Waals surface area contributed by atoms with Crippen molar-refractivity contribution in [3.05, 3.63) is 33.8 Å². The van der Waals surface area contributed by atoms with Crippen molar-refractivity contribution in [3.63, 3.8) is 0 Å². The van der Waals surface area contributed by atoms with Gasteiger partial charge in [0.05, 0.1) is 22.1 Å². The smallest absolute Gasteiger partial charge is 0.237 e. The van der Waals surface area contributed by atoms with Crippen molar-refractivity contribution in [3.8, 4) is 0 Å². The Morgan fingerprint density at radius 2 is 2.10 bits per heavy atom. The molecule has 0 heterocycles. The molecule has 0 aromatic heterocycles. The van der Waals surface area contributed by atoms with Crippen molar-refractivity contribution in [2.24, 2.45) is 5.73 Å². The van der Waals surface area contributed by atoms with Gasteiger partial charge in [0.1, 0.15) is 6.29 Å². The second kappa shape index (κ2) is 9.03. The minimum absolute atomic E-state index is 0.305. The van der Waals surface area contributed by atoms with Crippen LogP contribution in [0.25, 0.3) is 0 Å². The van der Waals surface area contributed by atoms with Crippen LogP contribution < -0.4 is 11.1 Å². The van der Waals surface area contributed by atoms with Gasteiger partial charge in [-0.05, 0) is 30.5 Å². The molecule has 0 aliphatic carbocycles. The van der Waals surface area contributed by atoms with Crippen LogP contribution in [-0.2, 0) is 16.0 Å². The van der Waals surface area contributed by atoms with Crippen LogP contribution in [0.15, 0.2) is 18.2 Å². The number of nitrogens with two attached hydrogens (primary N) is 1. The number of aldehydes is 1. The summed E-state index contributed by atoms with van der Waals surface area (Å²) in [6.45, 7) is 2.03. The zero-order chi connectivity index (χ0) is 15.8. The molecule has 0 saturated heterocycles. The molecule has 0 unspecified atom stereocenters. The molecule has 116 valence electrons. The number of nitrogens with one attached hydrogen (secondary N) is 1. The Labute approximate surface area is 135 Å². The third-order valence-corrected chi connectivity index (χ3v) is 3.88. The van der Waals surface area contributed by atoms with Gasteiger partial charge in [0.25, 0.3) is 0 Å². The van der Waals surface area contributed by atoms with Crippen molar-refractivity contribution >= 4 is 35.4 Å². The van der Waals surface area contributed by atoms with Gasteiger partial charge in [0.2, 0.25) is 5.91 Å². The average Bonchev–Trinajstić information content (AvgIpc) is 2.47. The molecule has 1 amide bonds. The lowest BCUT2D eigenvalue weighted by Gasteiger charge is -2.17. The Balaban J connectivity index is 2.60. The van der Waals surface area contributed by atoms with E-state index in [9.17, 15) is 9.59 Å². The molecule has 2 atom stereocenters. The normalized spacial score (nSPS) is 13.5. The van der Waals surface area contributed by atoms with E-state index in [1.165, 1.54) is 0 Å². The fraction of sp³-hybridized carbons (Fsp3) is 0.467. The summed E-state index contributed by atoms with van der Waals surface area (Å²) in [6, 6.07) is 3.91. The summed E-state index contributed by atoms with van der Waals surface area (Å²) in [5.74, 6) is -0.305. The Morgan fingerprint density at radius 1 is 1.38 bits per heavy atom. The predicted octanol–water partition coefficient (Wildman–Crippen LogP) is 2.74. The maximum absolute atomic E-state index is 11.9. The highest BCUT2D eigenvalue weighted by atomic mass is 35.5. The molecule has 21 heavy (non-hydrogen) atoms. The Hall–Kier alpha value is -1.10. The first-order valence-electron chi connectivity index (χ1n) is 6.93. The van der Waals surface area contributed by atoms with E-state index in [1.807, 2.05) is 6.92 Å². The topological polar surface area (TPSA) is 72.2 Å². The summed E-state index contributed by atoms with van der Waals surface area (Å²) in [5.41, 5.74) is 6.60. The van der Waals surface area contributed by atoms with Gasteiger partial charge in [-0.2, -0.15) is 0 Å².